The maximum atomic E-state index is 3.68. The zero-order valence-electron chi connectivity index (χ0n) is 8.11. The third kappa shape index (κ3) is 6.11. The Balaban J connectivity index is 3.51. The van der Waals surface area contributed by atoms with Crippen molar-refractivity contribution in [3.63, 3.8) is 0 Å². The van der Waals surface area contributed by atoms with Crippen LogP contribution in [-0.4, -0.2) is 12.1 Å². The molecule has 0 aromatic rings. The van der Waals surface area contributed by atoms with Gasteiger partial charge in [-0.15, -0.1) is 6.58 Å². The molecule has 0 aromatic heterocycles. The quantitative estimate of drug-likeness (QED) is 0.582. The van der Waals surface area contributed by atoms with Gasteiger partial charge in [0.15, 0.2) is 0 Å². The van der Waals surface area contributed by atoms with Gasteiger partial charge < -0.3 is 5.32 Å². The molecule has 0 radical (unpaired) electrons. The molecule has 0 aliphatic rings. The summed E-state index contributed by atoms with van der Waals surface area (Å²) in [6.45, 7) is 11.3. The first-order valence-corrected chi connectivity index (χ1v) is 4.48. The highest BCUT2D eigenvalue weighted by molar-refractivity contribution is 4.81. The Hall–Kier alpha value is -0.300. The molecule has 66 valence electrons. The standard InChI is InChI=1S/C10H21N/c1-5-7-8-10(3,4)11-9-6-2/h6,11H,2,5,7-9H2,1,3-4H3. The summed E-state index contributed by atoms with van der Waals surface area (Å²) in [5, 5.41) is 3.43. The predicted molar refractivity (Wildman–Crippen MR) is 51.8 cm³/mol. The summed E-state index contributed by atoms with van der Waals surface area (Å²) in [6, 6.07) is 0. The molecule has 0 aliphatic heterocycles. The van der Waals surface area contributed by atoms with Gasteiger partial charge in [0.2, 0.25) is 0 Å². The maximum absolute atomic E-state index is 3.68. The molecule has 0 unspecified atom stereocenters. The third-order valence-corrected chi connectivity index (χ3v) is 1.88. The van der Waals surface area contributed by atoms with Gasteiger partial charge in [0.05, 0.1) is 0 Å². The summed E-state index contributed by atoms with van der Waals surface area (Å²) in [6.07, 6.45) is 5.74. The average Bonchev–Trinajstić information content (AvgIpc) is 1.97. The van der Waals surface area contributed by atoms with Gasteiger partial charge in [-0.1, -0.05) is 25.8 Å². The lowest BCUT2D eigenvalue weighted by Gasteiger charge is -2.25. The van der Waals surface area contributed by atoms with E-state index in [-0.39, 0.29) is 5.54 Å². The van der Waals surface area contributed by atoms with Crippen molar-refractivity contribution < 1.29 is 0 Å². The first-order chi connectivity index (χ1) is 5.12. The molecule has 0 bridgehead atoms. The van der Waals surface area contributed by atoms with E-state index in [4.69, 9.17) is 0 Å². The minimum atomic E-state index is 0.282. The lowest BCUT2D eigenvalue weighted by atomic mass is 9.97. The molecule has 0 heterocycles. The summed E-state index contributed by atoms with van der Waals surface area (Å²) < 4.78 is 0. The summed E-state index contributed by atoms with van der Waals surface area (Å²) in [5.74, 6) is 0. The molecule has 1 N–H and O–H groups in total. The zero-order chi connectivity index (χ0) is 8.74. The number of hydrogen-bond donors (Lipinski definition) is 1. The van der Waals surface area contributed by atoms with Crippen molar-refractivity contribution in [1.29, 1.82) is 0 Å². The second-order valence-corrected chi connectivity index (χ2v) is 3.66. The molecular weight excluding hydrogens is 134 g/mol. The molecular formula is C10H21N. The molecule has 11 heavy (non-hydrogen) atoms. The van der Waals surface area contributed by atoms with Crippen LogP contribution < -0.4 is 5.32 Å². The van der Waals surface area contributed by atoms with Crippen LogP contribution in [0, 0.1) is 0 Å². The largest absolute Gasteiger partial charge is 0.308 e. The van der Waals surface area contributed by atoms with Crippen LogP contribution in [0.25, 0.3) is 0 Å². The van der Waals surface area contributed by atoms with E-state index in [2.05, 4.69) is 32.7 Å². The highest BCUT2D eigenvalue weighted by Crippen LogP contribution is 2.11. The van der Waals surface area contributed by atoms with Gasteiger partial charge in [0.1, 0.15) is 0 Å². The van der Waals surface area contributed by atoms with Crippen molar-refractivity contribution in [3.05, 3.63) is 12.7 Å². The van der Waals surface area contributed by atoms with Crippen LogP contribution in [-0.2, 0) is 0 Å². The van der Waals surface area contributed by atoms with E-state index in [1.54, 1.807) is 0 Å². The minimum absolute atomic E-state index is 0.282. The Bertz CT molecular complexity index is 105. The molecule has 0 aromatic carbocycles. The SMILES string of the molecule is C=CCNC(C)(C)CCCC. The minimum Gasteiger partial charge on any atom is -0.308 e. The second kappa shape index (κ2) is 5.36. The highest BCUT2D eigenvalue weighted by Gasteiger charge is 2.13. The Kier molecular flexibility index (Phi) is 5.22. The van der Waals surface area contributed by atoms with Gasteiger partial charge in [-0.3, -0.25) is 0 Å². The normalized spacial score (nSPS) is 11.5. The number of hydrogen-bond acceptors (Lipinski definition) is 1. The van der Waals surface area contributed by atoms with Crippen molar-refractivity contribution in [1.82, 2.24) is 5.32 Å². The molecule has 1 nitrogen and oxygen atoms in total. The van der Waals surface area contributed by atoms with Crippen molar-refractivity contribution >= 4 is 0 Å². The summed E-state index contributed by atoms with van der Waals surface area (Å²) in [7, 11) is 0. The van der Waals surface area contributed by atoms with Crippen LogP contribution in [0.15, 0.2) is 12.7 Å². The van der Waals surface area contributed by atoms with Crippen molar-refractivity contribution in [3.8, 4) is 0 Å². The molecule has 0 saturated heterocycles. The van der Waals surface area contributed by atoms with E-state index in [9.17, 15) is 0 Å². The topological polar surface area (TPSA) is 12.0 Å². The Morgan fingerprint density at radius 3 is 2.55 bits per heavy atom. The van der Waals surface area contributed by atoms with Crippen LogP contribution >= 0.6 is 0 Å². The van der Waals surface area contributed by atoms with Gasteiger partial charge in [-0.25, -0.2) is 0 Å². The molecule has 0 saturated carbocycles. The third-order valence-electron chi connectivity index (χ3n) is 1.88. The molecule has 0 atom stereocenters. The van der Waals surface area contributed by atoms with Gasteiger partial charge in [-0.2, -0.15) is 0 Å². The molecule has 0 aliphatic carbocycles. The van der Waals surface area contributed by atoms with Crippen LogP contribution in [0.1, 0.15) is 40.0 Å². The molecule has 0 fully saturated rings. The molecule has 0 rings (SSSR count). The first kappa shape index (κ1) is 10.7. The second-order valence-electron chi connectivity index (χ2n) is 3.66. The monoisotopic (exact) mass is 155 g/mol. The van der Waals surface area contributed by atoms with E-state index in [0.29, 0.717) is 0 Å². The molecule has 1 heteroatoms. The summed E-state index contributed by atoms with van der Waals surface area (Å²) in [4.78, 5) is 0. The number of nitrogens with one attached hydrogen (secondary N) is 1. The molecule has 0 spiro atoms. The van der Waals surface area contributed by atoms with Gasteiger partial charge in [0.25, 0.3) is 0 Å². The van der Waals surface area contributed by atoms with Gasteiger partial charge in [0, 0.05) is 12.1 Å². The van der Waals surface area contributed by atoms with Gasteiger partial charge in [-0.05, 0) is 20.3 Å². The fourth-order valence-corrected chi connectivity index (χ4v) is 1.06. The fraction of sp³-hybridized carbons (Fsp3) is 0.800. The molecule has 0 amide bonds. The lowest BCUT2D eigenvalue weighted by Crippen LogP contribution is -2.39. The smallest absolute Gasteiger partial charge is 0.0137 e. The van der Waals surface area contributed by atoms with E-state index >= 15 is 0 Å². The summed E-state index contributed by atoms with van der Waals surface area (Å²) in [5.41, 5.74) is 0.282. The van der Waals surface area contributed by atoms with E-state index in [1.807, 2.05) is 6.08 Å². The fourth-order valence-electron chi connectivity index (χ4n) is 1.06. The highest BCUT2D eigenvalue weighted by atomic mass is 14.9. The Morgan fingerprint density at radius 2 is 2.09 bits per heavy atom. The van der Waals surface area contributed by atoms with Crippen molar-refractivity contribution in [2.75, 3.05) is 6.54 Å². The predicted octanol–water partition coefficient (Wildman–Crippen LogP) is 2.73. The van der Waals surface area contributed by atoms with E-state index in [0.717, 1.165) is 6.54 Å². The van der Waals surface area contributed by atoms with Crippen LogP contribution in [0.5, 0.6) is 0 Å². The number of unbranched alkanes of at least 4 members (excludes halogenated alkanes) is 1. The van der Waals surface area contributed by atoms with Crippen molar-refractivity contribution in [2.24, 2.45) is 0 Å². The lowest BCUT2D eigenvalue weighted by molar-refractivity contribution is 0.367. The maximum Gasteiger partial charge on any atom is 0.0137 e. The van der Waals surface area contributed by atoms with Crippen LogP contribution in [0.4, 0.5) is 0 Å². The first-order valence-electron chi connectivity index (χ1n) is 4.48. The van der Waals surface area contributed by atoms with Crippen LogP contribution in [0.2, 0.25) is 0 Å². The van der Waals surface area contributed by atoms with E-state index < -0.39 is 0 Å². The van der Waals surface area contributed by atoms with E-state index in [1.165, 1.54) is 19.3 Å². The zero-order valence-corrected chi connectivity index (χ0v) is 8.11. The average molecular weight is 155 g/mol. The van der Waals surface area contributed by atoms with Crippen LogP contribution in [0.3, 0.4) is 0 Å². The Labute approximate surface area is 70.9 Å². The summed E-state index contributed by atoms with van der Waals surface area (Å²) >= 11 is 0. The van der Waals surface area contributed by atoms with Crippen molar-refractivity contribution in [2.45, 2.75) is 45.6 Å². The number of rotatable bonds is 6. The van der Waals surface area contributed by atoms with Gasteiger partial charge >= 0.3 is 0 Å². The Morgan fingerprint density at radius 1 is 1.45 bits per heavy atom.